The van der Waals surface area contributed by atoms with Crippen molar-refractivity contribution in [2.75, 3.05) is 0 Å². The van der Waals surface area contributed by atoms with Crippen LogP contribution in [0.15, 0.2) is 54.7 Å². The summed E-state index contributed by atoms with van der Waals surface area (Å²) in [6.45, 7) is 0. The SMILES string of the molecule is O=C(c1cnc2ccccc2c1)c1cccc(Cl)c1Cl. The highest BCUT2D eigenvalue weighted by Gasteiger charge is 2.15. The van der Waals surface area contributed by atoms with Gasteiger partial charge in [-0.15, -0.1) is 0 Å². The van der Waals surface area contributed by atoms with Gasteiger partial charge in [0.25, 0.3) is 0 Å². The zero-order chi connectivity index (χ0) is 14.1. The van der Waals surface area contributed by atoms with E-state index >= 15 is 0 Å². The van der Waals surface area contributed by atoms with Gasteiger partial charge in [-0.05, 0) is 24.3 Å². The maximum absolute atomic E-state index is 12.5. The normalized spacial score (nSPS) is 10.7. The number of carbonyl (C=O) groups excluding carboxylic acids is 1. The molecule has 0 amide bonds. The van der Waals surface area contributed by atoms with Gasteiger partial charge >= 0.3 is 0 Å². The van der Waals surface area contributed by atoms with Gasteiger partial charge in [-0.3, -0.25) is 9.78 Å². The second-order valence-corrected chi connectivity index (χ2v) is 5.13. The molecule has 20 heavy (non-hydrogen) atoms. The number of hydrogen-bond donors (Lipinski definition) is 0. The highest BCUT2D eigenvalue weighted by atomic mass is 35.5. The lowest BCUT2D eigenvalue weighted by molar-refractivity contribution is 0.103. The molecule has 0 aliphatic carbocycles. The fourth-order valence-corrected chi connectivity index (χ4v) is 2.42. The predicted octanol–water partition coefficient (Wildman–Crippen LogP) is 4.77. The molecule has 0 radical (unpaired) electrons. The number of nitrogens with zero attached hydrogens (tertiary/aromatic N) is 1. The Morgan fingerprint density at radius 3 is 2.65 bits per heavy atom. The van der Waals surface area contributed by atoms with Gasteiger partial charge in [-0.2, -0.15) is 0 Å². The minimum atomic E-state index is -0.184. The van der Waals surface area contributed by atoms with Gasteiger partial charge in [-0.1, -0.05) is 47.5 Å². The predicted molar refractivity (Wildman–Crippen MR) is 81.6 cm³/mol. The Morgan fingerprint density at radius 1 is 1.00 bits per heavy atom. The number of aromatic nitrogens is 1. The summed E-state index contributed by atoms with van der Waals surface area (Å²) >= 11 is 12.0. The Kier molecular flexibility index (Phi) is 3.43. The Morgan fingerprint density at radius 2 is 1.80 bits per heavy atom. The molecule has 3 rings (SSSR count). The first-order valence-corrected chi connectivity index (χ1v) is 6.76. The first-order valence-electron chi connectivity index (χ1n) is 6.00. The molecule has 0 unspecified atom stereocenters. The number of fused-ring (bicyclic) bond motifs is 1. The third kappa shape index (κ3) is 2.28. The van der Waals surface area contributed by atoms with Crippen LogP contribution >= 0.6 is 23.2 Å². The van der Waals surface area contributed by atoms with E-state index in [0.29, 0.717) is 16.1 Å². The molecule has 2 aromatic carbocycles. The van der Waals surface area contributed by atoms with Crippen LogP contribution in [0, 0.1) is 0 Å². The molecule has 0 aliphatic heterocycles. The van der Waals surface area contributed by atoms with Crippen LogP contribution in [0.4, 0.5) is 0 Å². The molecule has 4 heteroatoms. The average Bonchev–Trinajstić information content (AvgIpc) is 2.49. The summed E-state index contributed by atoms with van der Waals surface area (Å²) in [6, 6.07) is 14.5. The monoisotopic (exact) mass is 301 g/mol. The van der Waals surface area contributed by atoms with Gasteiger partial charge in [0.05, 0.1) is 15.6 Å². The van der Waals surface area contributed by atoms with Crippen molar-refractivity contribution in [2.24, 2.45) is 0 Å². The highest BCUT2D eigenvalue weighted by Crippen LogP contribution is 2.27. The number of pyridine rings is 1. The maximum Gasteiger partial charge on any atom is 0.196 e. The van der Waals surface area contributed by atoms with E-state index in [1.54, 1.807) is 24.4 Å². The third-order valence-electron chi connectivity index (χ3n) is 3.05. The van der Waals surface area contributed by atoms with Gasteiger partial charge in [0, 0.05) is 22.7 Å². The van der Waals surface area contributed by atoms with Gasteiger partial charge in [0.1, 0.15) is 0 Å². The van der Waals surface area contributed by atoms with Gasteiger partial charge in [0.15, 0.2) is 5.78 Å². The smallest absolute Gasteiger partial charge is 0.196 e. The van der Waals surface area contributed by atoms with Crippen LogP contribution in [-0.2, 0) is 0 Å². The summed E-state index contributed by atoms with van der Waals surface area (Å²) in [7, 11) is 0. The zero-order valence-electron chi connectivity index (χ0n) is 10.3. The molecule has 0 spiro atoms. The largest absolute Gasteiger partial charge is 0.288 e. The Balaban J connectivity index is 2.10. The van der Waals surface area contributed by atoms with E-state index in [9.17, 15) is 4.79 Å². The molecule has 0 saturated heterocycles. The lowest BCUT2D eigenvalue weighted by atomic mass is 10.0. The maximum atomic E-state index is 12.5. The highest BCUT2D eigenvalue weighted by molar-refractivity contribution is 6.44. The van der Waals surface area contributed by atoms with Crippen molar-refractivity contribution >= 4 is 39.9 Å². The van der Waals surface area contributed by atoms with Gasteiger partial charge < -0.3 is 0 Å². The molecule has 0 fully saturated rings. The fraction of sp³-hybridized carbons (Fsp3) is 0. The van der Waals surface area contributed by atoms with E-state index in [4.69, 9.17) is 23.2 Å². The van der Waals surface area contributed by atoms with E-state index in [0.717, 1.165) is 10.9 Å². The van der Waals surface area contributed by atoms with E-state index < -0.39 is 0 Å². The lowest BCUT2D eigenvalue weighted by Gasteiger charge is -2.05. The second kappa shape index (κ2) is 5.23. The molecule has 1 heterocycles. The van der Waals surface area contributed by atoms with Crippen molar-refractivity contribution in [3.8, 4) is 0 Å². The van der Waals surface area contributed by atoms with E-state index in [1.165, 1.54) is 0 Å². The molecule has 0 bridgehead atoms. The fourth-order valence-electron chi connectivity index (χ4n) is 2.03. The molecular weight excluding hydrogens is 293 g/mol. The van der Waals surface area contributed by atoms with E-state index in [2.05, 4.69) is 4.98 Å². The van der Waals surface area contributed by atoms with E-state index in [-0.39, 0.29) is 10.8 Å². The number of hydrogen-bond acceptors (Lipinski definition) is 2. The van der Waals surface area contributed by atoms with Gasteiger partial charge in [0.2, 0.25) is 0 Å². The molecule has 1 aromatic heterocycles. The molecule has 0 aliphatic rings. The average molecular weight is 302 g/mol. The number of halogens is 2. The quantitative estimate of drug-likeness (QED) is 0.638. The number of ketones is 1. The van der Waals surface area contributed by atoms with Crippen LogP contribution < -0.4 is 0 Å². The van der Waals surface area contributed by atoms with Crippen LogP contribution in [0.2, 0.25) is 10.0 Å². The summed E-state index contributed by atoms with van der Waals surface area (Å²) < 4.78 is 0. The Labute approximate surface area is 126 Å². The van der Waals surface area contributed by atoms with Crippen LogP contribution in [0.25, 0.3) is 10.9 Å². The summed E-state index contributed by atoms with van der Waals surface area (Å²) in [5.41, 5.74) is 1.73. The van der Waals surface area contributed by atoms with E-state index in [1.807, 2.05) is 30.3 Å². The summed E-state index contributed by atoms with van der Waals surface area (Å²) in [4.78, 5) is 16.8. The van der Waals surface area contributed by atoms with Crippen LogP contribution in [0.1, 0.15) is 15.9 Å². The zero-order valence-corrected chi connectivity index (χ0v) is 11.8. The summed E-state index contributed by atoms with van der Waals surface area (Å²) in [6.07, 6.45) is 1.56. The third-order valence-corrected chi connectivity index (χ3v) is 3.87. The van der Waals surface area contributed by atoms with Crippen molar-refractivity contribution in [3.63, 3.8) is 0 Å². The number of carbonyl (C=O) groups is 1. The van der Waals surface area contributed by atoms with Crippen LogP contribution in [-0.4, -0.2) is 10.8 Å². The Hall–Kier alpha value is -1.90. The topological polar surface area (TPSA) is 30.0 Å². The first kappa shape index (κ1) is 13.1. The molecule has 2 nitrogen and oxygen atoms in total. The van der Waals surface area contributed by atoms with Crippen molar-refractivity contribution in [1.29, 1.82) is 0 Å². The minimum Gasteiger partial charge on any atom is -0.288 e. The minimum absolute atomic E-state index is 0.184. The second-order valence-electron chi connectivity index (χ2n) is 4.35. The molecule has 3 aromatic rings. The number of benzene rings is 2. The molecule has 98 valence electrons. The summed E-state index contributed by atoms with van der Waals surface area (Å²) in [5, 5.41) is 1.55. The Bertz CT molecular complexity index is 814. The number of rotatable bonds is 2. The molecule has 0 atom stereocenters. The van der Waals surface area contributed by atoms with Crippen molar-refractivity contribution < 1.29 is 4.79 Å². The van der Waals surface area contributed by atoms with Crippen LogP contribution in [0.5, 0.6) is 0 Å². The van der Waals surface area contributed by atoms with Crippen molar-refractivity contribution in [1.82, 2.24) is 4.98 Å². The molecule has 0 N–H and O–H groups in total. The first-order chi connectivity index (χ1) is 9.66. The standard InChI is InChI=1S/C16H9Cl2NO/c17-13-6-3-5-12(15(13)18)16(20)11-8-10-4-1-2-7-14(10)19-9-11/h1-9H. The molecular formula is C16H9Cl2NO. The number of para-hydroxylation sites is 1. The lowest BCUT2D eigenvalue weighted by Crippen LogP contribution is -2.03. The van der Waals surface area contributed by atoms with Gasteiger partial charge in [-0.25, -0.2) is 0 Å². The van der Waals surface area contributed by atoms with Crippen molar-refractivity contribution in [2.45, 2.75) is 0 Å². The molecule has 0 saturated carbocycles. The summed E-state index contributed by atoms with van der Waals surface area (Å²) in [5.74, 6) is -0.184. The van der Waals surface area contributed by atoms with Crippen LogP contribution in [0.3, 0.4) is 0 Å². The van der Waals surface area contributed by atoms with Crippen molar-refractivity contribution in [3.05, 3.63) is 75.9 Å².